The predicted molar refractivity (Wildman–Crippen MR) is 66.7 cm³/mol. The van der Waals surface area contributed by atoms with Crippen LogP contribution in [0, 0.1) is 0 Å². The fourth-order valence-electron chi connectivity index (χ4n) is 1.34. The molecule has 96 valence electrons. The monoisotopic (exact) mass is 277 g/mol. The quantitative estimate of drug-likeness (QED) is 0.387. The van der Waals surface area contributed by atoms with Gasteiger partial charge in [0.05, 0.1) is 10.5 Å². The number of rotatable bonds is 3. The molecule has 1 heterocycles. The lowest BCUT2D eigenvalue weighted by Crippen LogP contribution is -2.18. The number of amides is 2. The average molecular weight is 277 g/mol. The van der Waals surface area contributed by atoms with E-state index in [2.05, 4.69) is 0 Å². The Morgan fingerprint density at radius 3 is 2.63 bits per heavy atom. The highest BCUT2D eigenvalue weighted by Gasteiger charge is 2.26. The van der Waals surface area contributed by atoms with Gasteiger partial charge in [0.1, 0.15) is 5.75 Å². The third kappa shape index (κ3) is 3.08. The molecule has 0 bridgehead atoms. The summed E-state index contributed by atoms with van der Waals surface area (Å²) in [5, 5.41) is 1.47. The van der Waals surface area contributed by atoms with Crippen molar-refractivity contribution in [3.8, 4) is 5.75 Å². The molecule has 1 aliphatic rings. The third-order valence-corrected chi connectivity index (χ3v) is 2.96. The fraction of sp³-hybridized carbons (Fsp3) is 0. The summed E-state index contributed by atoms with van der Waals surface area (Å²) in [6.07, 6.45) is 1.46. The van der Waals surface area contributed by atoms with E-state index in [-0.39, 0.29) is 16.2 Å². The van der Waals surface area contributed by atoms with E-state index >= 15 is 0 Å². The van der Waals surface area contributed by atoms with Crippen LogP contribution in [0.25, 0.3) is 0 Å². The summed E-state index contributed by atoms with van der Waals surface area (Å²) in [6.45, 7) is 0. The molecule has 0 radical (unpaired) electrons. The Kier molecular flexibility index (Phi) is 3.76. The van der Waals surface area contributed by atoms with Gasteiger partial charge in [-0.25, -0.2) is 4.79 Å². The lowest BCUT2D eigenvalue weighted by atomic mass is 10.2. The molecule has 2 rings (SSSR count). The zero-order valence-electron chi connectivity index (χ0n) is 9.41. The summed E-state index contributed by atoms with van der Waals surface area (Å²) in [5.74, 6) is -1.38. The number of hydrogen-bond acceptors (Lipinski definition) is 6. The molecule has 1 fully saturated rings. The van der Waals surface area contributed by atoms with Gasteiger partial charge >= 0.3 is 5.97 Å². The molecule has 0 saturated carbocycles. The molecule has 6 nitrogen and oxygen atoms in total. The van der Waals surface area contributed by atoms with Crippen LogP contribution in [0.2, 0.25) is 0 Å². The number of thioether (sulfide) groups is 1. The number of nitrogens with one attached hydrogen (secondary N) is 1. The Hall–Kier alpha value is -2.41. The van der Waals surface area contributed by atoms with Gasteiger partial charge in [-0.15, -0.1) is 0 Å². The van der Waals surface area contributed by atoms with Crippen LogP contribution in [0.1, 0.15) is 10.4 Å². The van der Waals surface area contributed by atoms with Crippen molar-refractivity contribution < 1.29 is 23.9 Å². The van der Waals surface area contributed by atoms with Crippen molar-refractivity contribution in [1.29, 1.82) is 0 Å². The van der Waals surface area contributed by atoms with Crippen molar-refractivity contribution in [3.63, 3.8) is 0 Å². The molecule has 0 aromatic heterocycles. The minimum atomic E-state index is -0.832. The molecular weight excluding hydrogens is 270 g/mol. The summed E-state index contributed by atoms with van der Waals surface area (Å²) in [6, 6.07) is 6.16. The number of esters is 1. The van der Waals surface area contributed by atoms with E-state index in [4.69, 9.17) is 4.74 Å². The number of carbonyl (C=O) groups is 4. The second kappa shape index (κ2) is 5.49. The summed E-state index contributed by atoms with van der Waals surface area (Å²) in [4.78, 5) is 44.4. The molecular formula is C12H7NO5S. The maximum Gasteiger partial charge on any atom is 0.337 e. The molecule has 19 heavy (non-hydrogen) atoms. The van der Waals surface area contributed by atoms with E-state index in [1.54, 1.807) is 12.1 Å². The van der Waals surface area contributed by atoms with E-state index in [1.165, 1.54) is 12.1 Å². The van der Waals surface area contributed by atoms with Crippen LogP contribution in [0.15, 0.2) is 35.2 Å². The Bertz CT molecular complexity index is 608. The highest BCUT2D eigenvalue weighted by molar-refractivity contribution is 8.18. The highest BCUT2D eigenvalue weighted by atomic mass is 32.2. The van der Waals surface area contributed by atoms with E-state index in [0.29, 0.717) is 18.0 Å². The largest absolute Gasteiger partial charge is 0.423 e. The zero-order chi connectivity index (χ0) is 13.8. The number of aldehydes is 1. The standard InChI is InChI=1S/C12H7NO5S/c14-6-7-3-1-2-4-8(7)18-10(15)5-9-11(16)13-12(17)19-9/h1-6H,(H,13,16,17)/b9-5+. The first-order valence-corrected chi connectivity index (χ1v) is 5.92. The maximum atomic E-state index is 11.6. The highest BCUT2D eigenvalue weighted by Crippen LogP contribution is 2.23. The molecule has 7 heteroatoms. The average Bonchev–Trinajstić information content (AvgIpc) is 2.68. The van der Waals surface area contributed by atoms with Crippen molar-refractivity contribution in [2.45, 2.75) is 0 Å². The first-order valence-electron chi connectivity index (χ1n) is 5.11. The molecule has 2 amide bonds. The van der Waals surface area contributed by atoms with Crippen LogP contribution in [0.3, 0.4) is 0 Å². The molecule has 0 atom stereocenters. The lowest BCUT2D eigenvalue weighted by Gasteiger charge is -2.03. The molecule has 1 aliphatic heterocycles. The molecule has 0 unspecified atom stereocenters. The smallest absolute Gasteiger partial charge is 0.337 e. The first-order chi connectivity index (χ1) is 9.10. The predicted octanol–water partition coefficient (Wildman–Crippen LogP) is 1.27. The number of hydrogen-bond donors (Lipinski definition) is 1. The van der Waals surface area contributed by atoms with Crippen molar-refractivity contribution in [3.05, 3.63) is 40.8 Å². The van der Waals surface area contributed by atoms with Gasteiger partial charge in [0.25, 0.3) is 11.1 Å². The number of imide groups is 1. The van der Waals surface area contributed by atoms with Gasteiger partial charge < -0.3 is 4.74 Å². The van der Waals surface area contributed by atoms with Gasteiger partial charge in [0.15, 0.2) is 6.29 Å². The topological polar surface area (TPSA) is 89.5 Å². The van der Waals surface area contributed by atoms with Crippen LogP contribution >= 0.6 is 11.8 Å². The molecule has 0 spiro atoms. The van der Waals surface area contributed by atoms with Crippen molar-refractivity contribution in [2.24, 2.45) is 0 Å². The maximum absolute atomic E-state index is 11.6. The van der Waals surface area contributed by atoms with Crippen LogP contribution in [-0.2, 0) is 9.59 Å². The Morgan fingerprint density at radius 2 is 2.00 bits per heavy atom. The SMILES string of the molecule is O=Cc1ccccc1OC(=O)/C=C1/SC(=O)NC1=O. The third-order valence-electron chi connectivity index (χ3n) is 2.15. The number of ether oxygens (including phenoxy) is 1. The van der Waals surface area contributed by atoms with Crippen molar-refractivity contribution >= 4 is 35.2 Å². The van der Waals surface area contributed by atoms with Crippen LogP contribution in [0.4, 0.5) is 4.79 Å². The van der Waals surface area contributed by atoms with Gasteiger partial charge in [-0.05, 0) is 23.9 Å². The van der Waals surface area contributed by atoms with Crippen LogP contribution < -0.4 is 10.1 Å². The second-order valence-electron chi connectivity index (χ2n) is 3.43. The van der Waals surface area contributed by atoms with E-state index in [1.807, 2.05) is 5.32 Å². The molecule has 1 aromatic carbocycles. The molecule has 1 aromatic rings. The number of benzene rings is 1. The minimum absolute atomic E-state index is 0.0430. The number of para-hydroxylation sites is 1. The molecule has 0 aliphatic carbocycles. The Labute approximate surface area is 111 Å². The lowest BCUT2D eigenvalue weighted by molar-refractivity contribution is -0.129. The summed E-state index contributed by atoms with van der Waals surface area (Å²) in [7, 11) is 0. The van der Waals surface area contributed by atoms with Crippen molar-refractivity contribution in [1.82, 2.24) is 5.32 Å². The Morgan fingerprint density at radius 1 is 1.26 bits per heavy atom. The van der Waals surface area contributed by atoms with Crippen LogP contribution in [0.5, 0.6) is 5.75 Å². The van der Waals surface area contributed by atoms with E-state index < -0.39 is 17.1 Å². The zero-order valence-corrected chi connectivity index (χ0v) is 10.2. The summed E-state index contributed by atoms with van der Waals surface area (Å²) < 4.78 is 4.93. The summed E-state index contributed by atoms with van der Waals surface area (Å²) in [5.41, 5.74) is 0.217. The van der Waals surface area contributed by atoms with Gasteiger partial charge in [-0.2, -0.15) is 0 Å². The van der Waals surface area contributed by atoms with Gasteiger partial charge in [0.2, 0.25) is 0 Å². The second-order valence-corrected chi connectivity index (χ2v) is 4.44. The Balaban J connectivity index is 2.14. The minimum Gasteiger partial charge on any atom is -0.423 e. The van der Waals surface area contributed by atoms with E-state index in [9.17, 15) is 19.2 Å². The number of carbonyl (C=O) groups excluding carboxylic acids is 4. The fourth-order valence-corrected chi connectivity index (χ4v) is 1.98. The molecule has 1 saturated heterocycles. The normalized spacial score (nSPS) is 16.3. The van der Waals surface area contributed by atoms with E-state index in [0.717, 1.165) is 6.08 Å². The summed E-state index contributed by atoms with van der Waals surface area (Å²) >= 11 is 0.614. The molecule has 1 N–H and O–H groups in total. The van der Waals surface area contributed by atoms with Gasteiger partial charge in [0, 0.05) is 6.08 Å². The van der Waals surface area contributed by atoms with Crippen LogP contribution in [-0.4, -0.2) is 23.4 Å². The van der Waals surface area contributed by atoms with Gasteiger partial charge in [-0.3, -0.25) is 19.7 Å². The van der Waals surface area contributed by atoms with Crippen molar-refractivity contribution in [2.75, 3.05) is 0 Å². The first kappa shape index (κ1) is 13.0. The van der Waals surface area contributed by atoms with Gasteiger partial charge in [-0.1, -0.05) is 12.1 Å².